The zero-order chi connectivity index (χ0) is 27.5. The van der Waals surface area contributed by atoms with Crippen LogP contribution in [-0.2, 0) is 19.1 Å². The van der Waals surface area contributed by atoms with Crippen LogP contribution < -0.4 is 16.0 Å². The Bertz CT molecular complexity index is 1020. The van der Waals surface area contributed by atoms with Crippen LogP contribution in [0.3, 0.4) is 0 Å². The Morgan fingerprint density at radius 1 is 0.703 bits per heavy atom. The Hall–Kier alpha value is -3.07. The molecular weight excluding hydrogens is 470 g/mol. The Labute approximate surface area is 220 Å². The summed E-state index contributed by atoms with van der Waals surface area (Å²) in [6.45, 7) is 13.4. The molecular formula is C29H41N3O5. The van der Waals surface area contributed by atoms with Crippen molar-refractivity contribution in [2.24, 2.45) is 5.41 Å². The molecule has 2 amide bonds. The summed E-state index contributed by atoms with van der Waals surface area (Å²) in [6, 6.07) is 15.0. The van der Waals surface area contributed by atoms with Crippen molar-refractivity contribution in [3.05, 3.63) is 54.1 Å². The van der Waals surface area contributed by atoms with Crippen LogP contribution in [0.5, 0.6) is 0 Å². The first kappa shape index (κ1) is 30.2. The van der Waals surface area contributed by atoms with Crippen molar-refractivity contribution in [3.63, 3.8) is 0 Å². The lowest BCUT2D eigenvalue weighted by atomic mass is 9.86. The molecule has 2 aromatic carbocycles. The highest BCUT2D eigenvalue weighted by molar-refractivity contribution is 6.00. The molecule has 37 heavy (non-hydrogen) atoms. The largest absolute Gasteiger partial charge is 0.369 e. The van der Waals surface area contributed by atoms with Crippen LogP contribution in [0.2, 0.25) is 0 Å². The first-order chi connectivity index (χ1) is 17.3. The first-order valence-corrected chi connectivity index (χ1v) is 12.6. The van der Waals surface area contributed by atoms with Crippen LogP contribution in [0.15, 0.2) is 48.5 Å². The molecule has 0 aliphatic rings. The third kappa shape index (κ3) is 11.7. The summed E-state index contributed by atoms with van der Waals surface area (Å²) in [4.78, 5) is 36.3. The molecule has 8 nitrogen and oxygen atoms in total. The highest BCUT2D eigenvalue weighted by atomic mass is 16.5. The minimum Gasteiger partial charge on any atom is -0.369 e. The molecule has 202 valence electrons. The van der Waals surface area contributed by atoms with Gasteiger partial charge in [-0.1, -0.05) is 57.2 Å². The standard InChI is InChI=1S/C29H41N3O5/c1-28(2,3)27(35)23-9-7-21(8-10-23)22-11-13-24(14-12-22)32-26(34)20-37-18-17-36-19-25(33)30-15-16-31-29(4,5)6/h7-14,31H,15-20H2,1-6H3,(H,30,33)(H,32,34). The van der Waals surface area contributed by atoms with E-state index in [-0.39, 0.29) is 49.6 Å². The molecule has 0 aliphatic carbocycles. The van der Waals surface area contributed by atoms with Gasteiger partial charge in [-0.15, -0.1) is 0 Å². The summed E-state index contributed by atoms with van der Waals surface area (Å²) in [5, 5.41) is 8.85. The van der Waals surface area contributed by atoms with Gasteiger partial charge in [0, 0.05) is 35.3 Å². The van der Waals surface area contributed by atoms with E-state index in [0.717, 1.165) is 11.1 Å². The molecule has 2 rings (SSSR count). The van der Waals surface area contributed by atoms with Gasteiger partial charge < -0.3 is 25.4 Å². The maximum Gasteiger partial charge on any atom is 0.250 e. The van der Waals surface area contributed by atoms with Gasteiger partial charge in [0.05, 0.1) is 13.2 Å². The highest BCUT2D eigenvalue weighted by Crippen LogP contribution is 2.25. The Morgan fingerprint density at radius 2 is 1.22 bits per heavy atom. The van der Waals surface area contributed by atoms with E-state index in [1.165, 1.54) is 0 Å². The summed E-state index contributed by atoms with van der Waals surface area (Å²) < 4.78 is 10.6. The SMILES string of the molecule is CC(C)(C)NCCNC(=O)COCCOCC(=O)Nc1ccc(-c2ccc(C(=O)C(C)(C)C)cc2)cc1. The van der Waals surface area contributed by atoms with Crippen molar-refractivity contribution < 1.29 is 23.9 Å². The van der Waals surface area contributed by atoms with Gasteiger partial charge in [0.25, 0.3) is 0 Å². The van der Waals surface area contributed by atoms with E-state index in [4.69, 9.17) is 9.47 Å². The van der Waals surface area contributed by atoms with E-state index >= 15 is 0 Å². The molecule has 0 heterocycles. The predicted molar refractivity (Wildman–Crippen MR) is 147 cm³/mol. The Morgan fingerprint density at radius 3 is 1.73 bits per heavy atom. The van der Waals surface area contributed by atoms with Crippen LogP contribution in [0, 0.1) is 5.41 Å². The quantitative estimate of drug-likeness (QED) is 0.277. The molecule has 0 unspecified atom stereocenters. The van der Waals surface area contributed by atoms with Crippen molar-refractivity contribution >= 4 is 23.3 Å². The van der Waals surface area contributed by atoms with Gasteiger partial charge in [0.1, 0.15) is 13.2 Å². The van der Waals surface area contributed by atoms with E-state index in [9.17, 15) is 14.4 Å². The molecule has 0 bridgehead atoms. The average molecular weight is 512 g/mol. The lowest BCUT2D eigenvalue weighted by Gasteiger charge is -2.20. The molecule has 0 atom stereocenters. The summed E-state index contributed by atoms with van der Waals surface area (Å²) >= 11 is 0. The number of nitrogens with one attached hydrogen (secondary N) is 3. The monoisotopic (exact) mass is 511 g/mol. The van der Waals surface area contributed by atoms with Crippen LogP contribution >= 0.6 is 0 Å². The number of Topliss-reactive ketones (excluding diaryl/α,β-unsaturated/α-hetero) is 1. The van der Waals surface area contributed by atoms with E-state index in [2.05, 4.69) is 36.7 Å². The third-order valence-electron chi connectivity index (χ3n) is 5.27. The van der Waals surface area contributed by atoms with Crippen LogP contribution in [0.1, 0.15) is 51.9 Å². The smallest absolute Gasteiger partial charge is 0.250 e. The molecule has 8 heteroatoms. The van der Waals surface area contributed by atoms with Crippen LogP contribution in [0.25, 0.3) is 11.1 Å². The molecule has 2 aromatic rings. The Balaban J connectivity index is 1.64. The zero-order valence-electron chi connectivity index (χ0n) is 22.9. The van der Waals surface area contributed by atoms with Crippen molar-refractivity contribution in [3.8, 4) is 11.1 Å². The van der Waals surface area contributed by atoms with Crippen LogP contribution in [-0.4, -0.2) is 62.7 Å². The van der Waals surface area contributed by atoms with Gasteiger partial charge in [-0.05, 0) is 44.0 Å². The van der Waals surface area contributed by atoms with E-state index in [1.807, 2.05) is 69.3 Å². The lowest BCUT2D eigenvalue weighted by Crippen LogP contribution is -2.42. The number of rotatable bonds is 13. The van der Waals surface area contributed by atoms with Crippen molar-refractivity contribution in [2.75, 3.05) is 44.8 Å². The zero-order valence-corrected chi connectivity index (χ0v) is 22.9. The van der Waals surface area contributed by atoms with E-state index < -0.39 is 5.41 Å². The maximum atomic E-state index is 12.4. The molecule has 0 aliphatic heterocycles. The summed E-state index contributed by atoms with van der Waals surface area (Å²) in [6.07, 6.45) is 0. The van der Waals surface area contributed by atoms with Crippen molar-refractivity contribution in [1.29, 1.82) is 0 Å². The van der Waals surface area contributed by atoms with Gasteiger partial charge in [-0.3, -0.25) is 14.4 Å². The predicted octanol–water partition coefficient (Wildman–Crippen LogP) is 4.06. The summed E-state index contributed by atoms with van der Waals surface area (Å²) in [7, 11) is 0. The number of anilines is 1. The lowest BCUT2D eigenvalue weighted by molar-refractivity contribution is -0.127. The first-order valence-electron chi connectivity index (χ1n) is 12.6. The fraction of sp³-hybridized carbons (Fsp3) is 0.483. The number of carbonyl (C=O) groups excluding carboxylic acids is 3. The summed E-state index contributed by atoms with van der Waals surface area (Å²) in [5.74, 6) is -0.357. The number of ketones is 1. The number of amides is 2. The second kappa shape index (κ2) is 14.0. The van der Waals surface area contributed by atoms with Gasteiger partial charge in [0.15, 0.2) is 5.78 Å². The van der Waals surface area contributed by atoms with Gasteiger partial charge >= 0.3 is 0 Å². The average Bonchev–Trinajstić information content (AvgIpc) is 2.83. The van der Waals surface area contributed by atoms with E-state index in [0.29, 0.717) is 24.3 Å². The number of hydrogen-bond donors (Lipinski definition) is 3. The molecule has 0 spiro atoms. The molecule has 0 radical (unpaired) electrons. The topological polar surface area (TPSA) is 106 Å². The molecule has 0 aromatic heterocycles. The second-order valence-corrected chi connectivity index (χ2v) is 10.9. The fourth-order valence-electron chi connectivity index (χ4n) is 3.33. The van der Waals surface area contributed by atoms with Crippen LogP contribution in [0.4, 0.5) is 5.69 Å². The second-order valence-electron chi connectivity index (χ2n) is 10.9. The maximum absolute atomic E-state index is 12.4. The fourth-order valence-corrected chi connectivity index (χ4v) is 3.33. The molecule has 0 fully saturated rings. The van der Waals surface area contributed by atoms with Crippen molar-refractivity contribution in [2.45, 2.75) is 47.1 Å². The minimum atomic E-state index is -0.418. The number of hydrogen-bond acceptors (Lipinski definition) is 6. The van der Waals surface area contributed by atoms with Gasteiger partial charge in [0.2, 0.25) is 11.8 Å². The number of ether oxygens (including phenoxy) is 2. The van der Waals surface area contributed by atoms with Gasteiger partial charge in [-0.25, -0.2) is 0 Å². The normalized spacial score (nSPS) is 11.7. The highest BCUT2D eigenvalue weighted by Gasteiger charge is 2.22. The molecule has 0 saturated heterocycles. The van der Waals surface area contributed by atoms with Gasteiger partial charge in [-0.2, -0.15) is 0 Å². The molecule has 3 N–H and O–H groups in total. The van der Waals surface area contributed by atoms with E-state index in [1.54, 1.807) is 0 Å². The number of benzene rings is 2. The molecule has 0 saturated carbocycles. The third-order valence-corrected chi connectivity index (χ3v) is 5.27. The Kier molecular flexibility index (Phi) is 11.4. The number of carbonyl (C=O) groups is 3. The minimum absolute atomic E-state index is 0.0106. The van der Waals surface area contributed by atoms with Crippen molar-refractivity contribution in [1.82, 2.24) is 10.6 Å². The summed E-state index contributed by atoms with van der Waals surface area (Å²) in [5.41, 5.74) is 2.91.